The Morgan fingerprint density at radius 1 is 0.846 bits per heavy atom. The molecule has 0 unspecified atom stereocenters. The number of rotatable bonds is 6. The van der Waals surface area contributed by atoms with Crippen LogP contribution >= 0.6 is 11.6 Å². The summed E-state index contributed by atoms with van der Waals surface area (Å²) in [6.45, 7) is 0.264. The fourth-order valence-electron chi connectivity index (χ4n) is 2.79. The fraction of sp³-hybridized carbons (Fsp3) is 0.200. The molecule has 1 aliphatic heterocycles. The van der Waals surface area contributed by atoms with Crippen LogP contribution in [0.25, 0.3) is 5.57 Å². The van der Waals surface area contributed by atoms with E-state index in [9.17, 15) is 9.59 Å². The molecule has 2 aromatic rings. The van der Waals surface area contributed by atoms with Gasteiger partial charge in [0.15, 0.2) is 0 Å². The quantitative estimate of drug-likeness (QED) is 0.731. The minimum atomic E-state index is -0.462. The van der Waals surface area contributed by atoms with E-state index in [2.05, 4.69) is 0 Å². The average Bonchev–Trinajstić information content (AvgIpc) is 2.89. The molecule has 0 fully saturated rings. The molecule has 0 aromatic heterocycles. The number of hydrogen-bond acceptors (Lipinski definition) is 4. The number of ether oxygens (including phenoxy) is 2. The van der Waals surface area contributed by atoms with Crippen molar-refractivity contribution in [1.29, 1.82) is 0 Å². The van der Waals surface area contributed by atoms with Crippen molar-refractivity contribution in [2.45, 2.75) is 6.42 Å². The second-order valence-electron chi connectivity index (χ2n) is 5.78. The van der Waals surface area contributed by atoms with Gasteiger partial charge >= 0.3 is 0 Å². The zero-order valence-corrected chi connectivity index (χ0v) is 15.2. The molecule has 0 radical (unpaired) electrons. The van der Waals surface area contributed by atoms with Gasteiger partial charge in [-0.15, -0.1) is 0 Å². The number of nitrogens with zero attached hydrogens (tertiary/aromatic N) is 1. The van der Waals surface area contributed by atoms with Gasteiger partial charge in [-0.05, 0) is 41.8 Å². The van der Waals surface area contributed by atoms with Crippen LogP contribution in [0.5, 0.6) is 11.5 Å². The minimum absolute atomic E-state index is 0.0464. The average molecular weight is 372 g/mol. The van der Waals surface area contributed by atoms with Gasteiger partial charge < -0.3 is 9.47 Å². The summed E-state index contributed by atoms with van der Waals surface area (Å²) in [6.07, 6.45) is 0.543. The molecule has 0 atom stereocenters. The van der Waals surface area contributed by atoms with Crippen molar-refractivity contribution >= 4 is 29.0 Å². The Kier molecular flexibility index (Phi) is 5.28. The zero-order valence-electron chi connectivity index (χ0n) is 14.5. The SMILES string of the molecule is COc1ccc(CCN2C(=O)C(Cl)=C(c3ccc(OC)cc3)C2=O)cc1. The molecule has 0 aliphatic carbocycles. The Labute approximate surface area is 156 Å². The lowest BCUT2D eigenvalue weighted by Gasteiger charge is -2.15. The number of halogens is 1. The molecule has 6 heteroatoms. The van der Waals surface area contributed by atoms with E-state index >= 15 is 0 Å². The topological polar surface area (TPSA) is 55.8 Å². The van der Waals surface area contributed by atoms with E-state index in [1.165, 1.54) is 4.90 Å². The Bertz CT molecular complexity index is 856. The number of methoxy groups -OCH3 is 2. The van der Waals surface area contributed by atoms with Crippen molar-refractivity contribution in [3.8, 4) is 11.5 Å². The summed E-state index contributed by atoms with van der Waals surface area (Å²) in [5.74, 6) is 0.585. The number of imide groups is 1. The largest absolute Gasteiger partial charge is 0.497 e. The van der Waals surface area contributed by atoms with Crippen molar-refractivity contribution in [2.24, 2.45) is 0 Å². The second kappa shape index (κ2) is 7.62. The molecule has 5 nitrogen and oxygen atoms in total. The molecule has 2 amide bonds. The number of benzene rings is 2. The highest BCUT2D eigenvalue weighted by Gasteiger charge is 2.37. The van der Waals surface area contributed by atoms with Crippen LogP contribution in [0.2, 0.25) is 0 Å². The Balaban J connectivity index is 1.74. The third-order valence-electron chi connectivity index (χ3n) is 4.27. The first-order chi connectivity index (χ1) is 12.5. The summed E-state index contributed by atoms with van der Waals surface area (Å²) >= 11 is 6.17. The summed E-state index contributed by atoms with van der Waals surface area (Å²) in [4.78, 5) is 26.3. The van der Waals surface area contributed by atoms with E-state index in [1.54, 1.807) is 38.5 Å². The van der Waals surface area contributed by atoms with E-state index in [1.807, 2.05) is 24.3 Å². The van der Waals surface area contributed by atoms with Gasteiger partial charge in [0.05, 0.1) is 19.8 Å². The molecule has 0 bridgehead atoms. The number of carbonyl (C=O) groups is 2. The summed E-state index contributed by atoms with van der Waals surface area (Å²) in [7, 11) is 3.16. The Morgan fingerprint density at radius 2 is 1.38 bits per heavy atom. The first-order valence-electron chi connectivity index (χ1n) is 8.08. The fourth-order valence-corrected chi connectivity index (χ4v) is 3.08. The maximum Gasteiger partial charge on any atom is 0.273 e. The van der Waals surface area contributed by atoms with Gasteiger partial charge in [0.1, 0.15) is 16.5 Å². The summed E-state index contributed by atoms with van der Waals surface area (Å²) in [5.41, 5.74) is 1.83. The summed E-state index contributed by atoms with van der Waals surface area (Å²) in [6, 6.07) is 14.4. The highest BCUT2D eigenvalue weighted by molar-refractivity contribution is 6.55. The van der Waals surface area contributed by atoms with Gasteiger partial charge in [0.2, 0.25) is 0 Å². The number of hydrogen-bond donors (Lipinski definition) is 0. The van der Waals surface area contributed by atoms with Crippen molar-refractivity contribution < 1.29 is 19.1 Å². The van der Waals surface area contributed by atoms with Crippen LogP contribution in [0.3, 0.4) is 0 Å². The van der Waals surface area contributed by atoms with Crippen molar-refractivity contribution in [2.75, 3.05) is 20.8 Å². The highest BCUT2D eigenvalue weighted by atomic mass is 35.5. The molecular weight excluding hydrogens is 354 g/mol. The predicted molar refractivity (Wildman–Crippen MR) is 99.2 cm³/mol. The first kappa shape index (κ1) is 18.0. The van der Waals surface area contributed by atoms with E-state index < -0.39 is 5.91 Å². The van der Waals surface area contributed by atoms with E-state index in [-0.39, 0.29) is 23.1 Å². The molecule has 0 saturated heterocycles. The van der Waals surface area contributed by atoms with E-state index in [0.717, 1.165) is 11.3 Å². The summed E-state index contributed by atoms with van der Waals surface area (Å²) in [5, 5.41) is -0.0464. The van der Waals surface area contributed by atoms with Gasteiger partial charge in [-0.2, -0.15) is 0 Å². The Morgan fingerprint density at radius 3 is 1.92 bits per heavy atom. The maximum atomic E-state index is 12.7. The third kappa shape index (κ3) is 3.44. The zero-order chi connectivity index (χ0) is 18.7. The lowest BCUT2D eigenvalue weighted by Crippen LogP contribution is -2.33. The molecule has 2 aromatic carbocycles. The van der Waals surface area contributed by atoms with Gasteiger partial charge in [0.25, 0.3) is 11.8 Å². The van der Waals surface area contributed by atoms with Gasteiger partial charge in [-0.25, -0.2) is 0 Å². The van der Waals surface area contributed by atoms with Crippen molar-refractivity contribution in [1.82, 2.24) is 4.90 Å². The van der Waals surface area contributed by atoms with Crippen LogP contribution < -0.4 is 9.47 Å². The normalized spacial score (nSPS) is 14.2. The van der Waals surface area contributed by atoms with Gasteiger partial charge in [-0.3, -0.25) is 14.5 Å². The predicted octanol–water partition coefficient (Wildman–Crippen LogP) is 3.27. The molecule has 1 heterocycles. The van der Waals surface area contributed by atoms with Crippen molar-refractivity contribution in [3.05, 3.63) is 64.7 Å². The standard InChI is InChI=1S/C20H18ClNO4/c1-25-15-7-3-13(4-8-15)11-12-22-19(23)17(18(21)20(22)24)14-5-9-16(26-2)10-6-14/h3-10H,11-12H2,1-2H3. The van der Waals surface area contributed by atoms with Crippen LogP contribution in [-0.4, -0.2) is 37.5 Å². The third-order valence-corrected chi connectivity index (χ3v) is 4.62. The smallest absolute Gasteiger partial charge is 0.273 e. The van der Waals surface area contributed by atoms with Gasteiger partial charge in [0, 0.05) is 6.54 Å². The lowest BCUT2D eigenvalue weighted by molar-refractivity contribution is -0.136. The molecule has 0 saturated carbocycles. The molecule has 0 N–H and O–H groups in total. The Hall–Kier alpha value is -2.79. The van der Waals surface area contributed by atoms with Gasteiger partial charge in [-0.1, -0.05) is 35.9 Å². The maximum absolute atomic E-state index is 12.7. The molecular formula is C20H18ClNO4. The van der Waals surface area contributed by atoms with E-state index in [4.69, 9.17) is 21.1 Å². The number of amides is 2. The molecule has 26 heavy (non-hydrogen) atoms. The van der Waals surface area contributed by atoms with E-state index in [0.29, 0.717) is 17.7 Å². The lowest BCUT2D eigenvalue weighted by atomic mass is 10.1. The van der Waals surface area contributed by atoms with Crippen molar-refractivity contribution in [3.63, 3.8) is 0 Å². The number of carbonyl (C=O) groups excluding carboxylic acids is 2. The molecule has 134 valence electrons. The molecule has 3 rings (SSSR count). The minimum Gasteiger partial charge on any atom is -0.497 e. The van der Waals surface area contributed by atoms with Crippen LogP contribution in [0, 0.1) is 0 Å². The van der Waals surface area contributed by atoms with Crippen LogP contribution in [0.1, 0.15) is 11.1 Å². The highest BCUT2D eigenvalue weighted by Crippen LogP contribution is 2.32. The second-order valence-corrected chi connectivity index (χ2v) is 6.16. The van der Waals surface area contributed by atoms with Crippen LogP contribution in [-0.2, 0) is 16.0 Å². The summed E-state index contributed by atoms with van der Waals surface area (Å²) < 4.78 is 10.2. The monoisotopic (exact) mass is 371 g/mol. The molecule has 1 aliphatic rings. The first-order valence-corrected chi connectivity index (χ1v) is 8.46. The van der Waals surface area contributed by atoms with Crippen LogP contribution in [0.4, 0.5) is 0 Å². The molecule has 0 spiro atoms. The van der Waals surface area contributed by atoms with Crippen LogP contribution in [0.15, 0.2) is 53.6 Å².